The van der Waals surface area contributed by atoms with Gasteiger partial charge in [-0.2, -0.15) is 0 Å². The van der Waals surface area contributed by atoms with Crippen LogP contribution in [0.15, 0.2) is 30.5 Å². The minimum Gasteiger partial charge on any atom is -0.497 e. The highest BCUT2D eigenvalue weighted by molar-refractivity contribution is 5.83. The van der Waals surface area contributed by atoms with Crippen LogP contribution in [0.4, 0.5) is 0 Å². The number of aliphatic hydroxyl groups excluding tert-OH is 1. The van der Waals surface area contributed by atoms with Crippen LogP contribution in [0.5, 0.6) is 5.75 Å². The van der Waals surface area contributed by atoms with Gasteiger partial charge in [0.2, 0.25) is 0 Å². The molecule has 1 aliphatic rings. The third kappa shape index (κ3) is 6.62. The number of benzene rings is 1. The van der Waals surface area contributed by atoms with Gasteiger partial charge in [-0.1, -0.05) is 32.6 Å². The first-order valence-electron chi connectivity index (χ1n) is 11.9. The Labute approximate surface area is 187 Å². The van der Waals surface area contributed by atoms with Gasteiger partial charge in [0.15, 0.2) is 0 Å². The number of hydrogen-bond donors (Lipinski definition) is 2. The number of pyridine rings is 1. The molecule has 0 amide bonds. The first-order valence-corrected chi connectivity index (χ1v) is 11.9. The molecular formula is C25H40N4O2. The minimum absolute atomic E-state index is 0.478. The molecule has 2 atom stereocenters. The summed E-state index contributed by atoms with van der Waals surface area (Å²) < 4.78 is 5.38. The molecule has 1 aromatic heterocycles. The van der Waals surface area contributed by atoms with Crippen LogP contribution in [0.25, 0.3) is 10.9 Å². The molecule has 172 valence electrons. The number of piperazine rings is 1. The van der Waals surface area contributed by atoms with Crippen LogP contribution >= 0.6 is 0 Å². The van der Waals surface area contributed by atoms with Crippen LogP contribution < -0.4 is 10.5 Å². The second kappa shape index (κ2) is 12.3. The highest BCUT2D eigenvalue weighted by Gasteiger charge is 2.27. The van der Waals surface area contributed by atoms with Crippen molar-refractivity contribution < 1.29 is 9.84 Å². The normalized spacial score (nSPS) is 19.0. The van der Waals surface area contributed by atoms with Gasteiger partial charge in [-0.05, 0) is 55.8 Å². The Bertz CT molecular complexity index is 800. The SMILES string of the molecule is CCCCCCCN1CCN(C[C@H](O)c2ccnc3ccc(OC)cc23)C[C@H]1CCN. The fraction of sp³-hybridized carbons (Fsp3) is 0.640. The maximum absolute atomic E-state index is 11.1. The summed E-state index contributed by atoms with van der Waals surface area (Å²) in [4.78, 5) is 9.45. The quantitative estimate of drug-likeness (QED) is 0.503. The van der Waals surface area contributed by atoms with Crippen molar-refractivity contribution >= 4 is 10.9 Å². The first-order chi connectivity index (χ1) is 15.2. The Balaban J connectivity index is 1.61. The van der Waals surface area contributed by atoms with Gasteiger partial charge >= 0.3 is 0 Å². The highest BCUT2D eigenvalue weighted by Crippen LogP contribution is 2.28. The lowest BCUT2D eigenvalue weighted by Crippen LogP contribution is -2.54. The third-order valence-electron chi connectivity index (χ3n) is 6.51. The van der Waals surface area contributed by atoms with Gasteiger partial charge in [0.25, 0.3) is 0 Å². The summed E-state index contributed by atoms with van der Waals surface area (Å²) in [6.07, 6.45) is 8.79. The number of methoxy groups -OCH3 is 1. The van der Waals surface area contributed by atoms with Gasteiger partial charge in [-0.3, -0.25) is 14.8 Å². The molecule has 2 heterocycles. The average Bonchev–Trinajstić information content (AvgIpc) is 2.79. The Hall–Kier alpha value is -1.73. The fourth-order valence-electron chi connectivity index (χ4n) is 4.71. The summed E-state index contributed by atoms with van der Waals surface area (Å²) in [5.74, 6) is 0.782. The number of β-amino-alcohol motifs (C(OH)–C–C–N with tert-alkyl or cyclic N) is 1. The molecule has 1 aliphatic heterocycles. The number of aliphatic hydroxyl groups is 1. The van der Waals surface area contributed by atoms with Crippen molar-refractivity contribution in [2.24, 2.45) is 5.73 Å². The van der Waals surface area contributed by atoms with E-state index in [1.165, 1.54) is 38.6 Å². The molecule has 0 aliphatic carbocycles. The average molecular weight is 429 g/mol. The number of ether oxygens (including phenoxy) is 1. The van der Waals surface area contributed by atoms with Gasteiger partial charge < -0.3 is 15.6 Å². The molecule has 0 radical (unpaired) electrons. The zero-order valence-corrected chi connectivity index (χ0v) is 19.3. The van der Waals surface area contributed by atoms with E-state index in [1.54, 1.807) is 13.3 Å². The lowest BCUT2D eigenvalue weighted by Gasteiger charge is -2.42. The van der Waals surface area contributed by atoms with Crippen molar-refractivity contribution in [3.8, 4) is 5.75 Å². The standard InChI is InChI=1S/C25H40N4O2/c1-3-4-5-6-7-14-29-16-15-28(18-20(29)10-12-26)19-25(30)22-11-13-27-24-9-8-21(31-2)17-23(22)24/h8-9,11,13,17,20,25,30H,3-7,10,12,14-16,18-19,26H2,1-2H3/t20-,25+/m1/s1. The van der Waals surface area contributed by atoms with Crippen molar-refractivity contribution in [3.05, 3.63) is 36.0 Å². The van der Waals surface area contributed by atoms with Crippen LogP contribution in [0.1, 0.15) is 57.1 Å². The molecule has 2 aromatic rings. The summed E-state index contributed by atoms with van der Waals surface area (Å²) in [5.41, 5.74) is 7.73. The van der Waals surface area contributed by atoms with E-state index in [1.807, 2.05) is 24.3 Å². The van der Waals surface area contributed by atoms with Crippen molar-refractivity contribution in [2.45, 2.75) is 57.6 Å². The van der Waals surface area contributed by atoms with Gasteiger partial charge in [0.05, 0.1) is 18.7 Å². The van der Waals surface area contributed by atoms with E-state index in [2.05, 4.69) is 21.7 Å². The number of nitrogens with two attached hydrogens (primary N) is 1. The summed E-state index contributed by atoms with van der Waals surface area (Å²) in [6.45, 7) is 7.77. The van der Waals surface area contributed by atoms with E-state index >= 15 is 0 Å². The van der Waals surface area contributed by atoms with E-state index in [0.717, 1.165) is 48.3 Å². The van der Waals surface area contributed by atoms with Gasteiger partial charge in [0, 0.05) is 43.8 Å². The number of unbranched alkanes of at least 4 members (excludes halogenated alkanes) is 4. The predicted molar refractivity (Wildman–Crippen MR) is 127 cm³/mol. The molecule has 1 aromatic carbocycles. The van der Waals surface area contributed by atoms with Crippen molar-refractivity contribution in [1.82, 2.24) is 14.8 Å². The molecule has 3 N–H and O–H groups in total. The molecule has 0 spiro atoms. The van der Waals surface area contributed by atoms with Gasteiger partial charge in [-0.15, -0.1) is 0 Å². The second-order valence-electron chi connectivity index (χ2n) is 8.74. The smallest absolute Gasteiger partial charge is 0.119 e. The van der Waals surface area contributed by atoms with Crippen molar-refractivity contribution in [2.75, 3.05) is 46.4 Å². The Morgan fingerprint density at radius 3 is 2.81 bits per heavy atom. The number of fused-ring (bicyclic) bond motifs is 1. The molecule has 0 saturated carbocycles. The Morgan fingerprint density at radius 2 is 2.03 bits per heavy atom. The third-order valence-corrected chi connectivity index (χ3v) is 6.51. The van der Waals surface area contributed by atoms with E-state index in [9.17, 15) is 5.11 Å². The van der Waals surface area contributed by atoms with Crippen LogP contribution in [-0.4, -0.2) is 72.3 Å². The molecule has 1 saturated heterocycles. The molecule has 31 heavy (non-hydrogen) atoms. The molecule has 0 unspecified atom stereocenters. The van der Waals surface area contributed by atoms with Crippen LogP contribution in [0.2, 0.25) is 0 Å². The summed E-state index contributed by atoms with van der Waals surface area (Å²) >= 11 is 0. The molecule has 3 rings (SSSR count). The van der Waals surface area contributed by atoms with Crippen LogP contribution in [0, 0.1) is 0 Å². The van der Waals surface area contributed by atoms with E-state index in [0.29, 0.717) is 19.1 Å². The highest BCUT2D eigenvalue weighted by atomic mass is 16.5. The second-order valence-corrected chi connectivity index (χ2v) is 8.74. The largest absolute Gasteiger partial charge is 0.497 e. The first kappa shape index (κ1) is 23.9. The number of aromatic nitrogens is 1. The number of rotatable bonds is 12. The topological polar surface area (TPSA) is 74.8 Å². The summed E-state index contributed by atoms with van der Waals surface area (Å²) in [6, 6.07) is 8.22. The lowest BCUT2D eigenvalue weighted by atomic mass is 10.0. The maximum Gasteiger partial charge on any atom is 0.119 e. The summed E-state index contributed by atoms with van der Waals surface area (Å²) in [7, 11) is 1.66. The predicted octanol–water partition coefficient (Wildman–Crippen LogP) is 3.58. The zero-order chi connectivity index (χ0) is 22.1. The molecule has 6 heteroatoms. The van der Waals surface area contributed by atoms with Gasteiger partial charge in [0.1, 0.15) is 5.75 Å². The number of nitrogens with zero attached hydrogens (tertiary/aromatic N) is 3. The molecular weight excluding hydrogens is 388 g/mol. The Kier molecular flexibility index (Phi) is 9.53. The van der Waals surface area contributed by atoms with E-state index in [4.69, 9.17) is 10.5 Å². The van der Waals surface area contributed by atoms with E-state index < -0.39 is 6.10 Å². The zero-order valence-electron chi connectivity index (χ0n) is 19.3. The Morgan fingerprint density at radius 1 is 1.19 bits per heavy atom. The monoisotopic (exact) mass is 428 g/mol. The minimum atomic E-state index is -0.559. The van der Waals surface area contributed by atoms with Crippen molar-refractivity contribution in [1.29, 1.82) is 0 Å². The van der Waals surface area contributed by atoms with Gasteiger partial charge in [-0.25, -0.2) is 0 Å². The molecule has 1 fully saturated rings. The fourth-order valence-corrected chi connectivity index (χ4v) is 4.71. The lowest BCUT2D eigenvalue weighted by molar-refractivity contribution is 0.0369. The van der Waals surface area contributed by atoms with Crippen molar-refractivity contribution in [3.63, 3.8) is 0 Å². The maximum atomic E-state index is 11.1. The van der Waals surface area contributed by atoms with Crippen LogP contribution in [-0.2, 0) is 0 Å². The molecule has 0 bridgehead atoms. The molecule has 6 nitrogen and oxygen atoms in total. The van der Waals surface area contributed by atoms with E-state index in [-0.39, 0.29) is 0 Å². The van der Waals surface area contributed by atoms with Crippen LogP contribution in [0.3, 0.4) is 0 Å². The summed E-state index contributed by atoms with van der Waals surface area (Å²) in [5, 5.41) is 12.0. The number of hydrogen-bond acceptors (Lipinski definition) is 6.